The minimum Gasteiger partial charge on any atom is -0.481 e. The van der Waals surface area contributed by atoms with Crippen LogP contribution in [0.3, 0.4) is 0 Å². The van der Waals surface area contributed by atoms with Gasteiger partial charge in [-0.15, -0.1) is 0 Å². The molecule has 0 saturated heterocycles. The van der Waals surface area contributed by atoms with Crippen molar-refractivity contribution >= 4 is 40.9 Å². The van der Waals surface area contributed by atoms with Crippen molar-refractivity contribution in [1.82, 2.24) is 5.32 Å². The van der Waals surface area contributed by atoms with E-state index in [1.165, 1.54) is 19.1 Å². The number of aliphatic hydroxyl groups is 1. The molecule has 0 aliphatic carbocycles. The maximum absolute atomic E-state index is 11.6. The molecule has 0 bridgehead atoms. The Bertz CT molecular complexity index is 520. The van der Waals surface area contributed by atoms with Crippen molar-refractivity contribution in [2.24, 2.45) is 0 Å². The first kappa shape index (κ1) is 16.6. The van der Waals surface area contributed by atoms with Crippen LogP contribution in [-0.2, 0) is 4.79 Å². The predicted octanol–water partition coefficient (Wildman–Crippen LogP) is 2.34. The highest BCUT2D eigenvalue weighted by atomic mass is 35.5. The molecule has 0 aliphatic rings. The van der Waals surface area contributed by atoms with E-state index in [1.807, 2.05) is 0 Å². The van der Waals surface area contributed by atoms with Crippen LogP contribution in [-0.4, -0.2) is 34.4 Å². The van der Waals surface area contributed by atoms with Crippen LogP contribution in [0, 0.1) is 0 Å². The highest BCUT2D eigenvalue weighted by Crippen LogP contribution is 2.25. The molecule has 1 aromatic carbocycles. The average molecular weight is 321 g/mol. The Hall–Kier alpha value is -1.50. The van der Waals surface area contributed by atoms with Crippen molar-refractivity contribution in [1.29, 1.82) is 0 Å². The number of benzene rings is 1. The van der Waals surface area contributed by atoms with Gasteiger partial charge in [-0.2, -0.15) is 0 Å². The fraction of sp³-hybridized carbons (Fsp3) is 0.333. The summed E-state index contributed by atoms with van der Waals surface area (Å²) < 4.78 is 0. The van der Waals surface area contributed by atoms with Gasteiger partial charge in [-0.1, -0.05) is 23.2 Å². The van der Waals surface area contributed by atoms with Crippen LogP contribution in [0.15, 0.2) is 18.2 Å². The van der Waals surface area contributed by atoms with Gasteiger partial charge in [0.05, 0.1) is 22.7 Å². The monoisotopic (exact) mass is 320 g/mol. The summed E-state index contributed by atoms with van der Waals surface area (Å²) in [6.45, 7) is 1.09. The molecule has 6 nitrogen and oxygen atoms in total. The lowest BCUT2D eigenvalue weighted by Gasteiger charge is -2.21. The second-order valence-corrected chi connectivity index (χ2v) is 5.34. The summed E-state index contributed by atoms with van der Waals surface area (Å²) in [5.74, 6) is -1.16. The fourth-order valence-electron chi connectivity index (χ4n) is 1.42. The SMILES string of the molecule is CC(O)(CNC(=O)Nc1cc(Cl)ccc1Cl)CC(=O)O. The van der Waals surface area contributed by atoms with Crippen LogP contribution < -0.4 is 10.6 Å². The lowest BCUT2D eigenvalue weighted by Crippen LogP contribution is -2.43. The highest BCUT2D eigenvalue weighted by Gasteiger charge is 2.24. The molecule has 0 radical (unpaired) electrons. The van der Waals surface area contributed by atoms with Gasteiger partial charge >= 0.3 is 12.0 Å². The number of hydrogen-bond acceptors (Lipinski definition) is 3. The van der Waals surface area contributed by atoms with E-state index in [0.717, 1.165) is 0 Å². The van der Waals surface area contributed by atoms with E-state index in [1.54, 1.807) is 6.07 Å². The molecule has 0 aromatic heterocycles. The van der Waals surface area contributed by atoms with Crippen molar-refractivity contribution in [3.8, 4) is 0 Å². The average Bonchev–Trinajstić information content (AvgIpc) is 2.30. The summed E-state index contributed by atoms with van der Waals surface area (Å²) in [7, 11) is 0. The van der Waals surface area contributed by atoms with E-state index in [2.05, 4.69) is 10.6 Å². The van der Waals surface area contributed by atoms with Gasteiger partial charge in [-0.05, 0) is 25.1 Å². The normalized spacial score (nSPS) is 13.4. The predicted molar refractivity (Wildman–Crippen MR) is 76.4 cm³/mol. The molecule has 1 rings (SSSR count). The Morgan fingerprint density at radius 3 is 2.60 bits per heavy atom. The first-order valence-electron chi connectivity index (χ1n) is 5.64. The summed E-state index contributed by atoms with van der Waals surface area (Å²) in [5, 5.41) is 23.8. The maximum atomic E-state index is 11.6. The molecule has 1 unspecified atom stereocenters. The third-order valence-electron chi connectivity index (χ3n) is 2.34. The number of hydrogen-bond donors (Lipinski definition) is 4. The number of carboxylic acid groups (broad SMARTS) is 1. The Labute approximate surface area is 125 Å². The number of nitrogens with one attached hydrogen (secondary N) is 2. The largest absolute Gasteiger partial charge is 0.481 e. The van der Waals surface area contributed by atoms with Crippen molar-refractivity contribution < 1.29 is 19.8 Å². The van der Waals surface area contributed by atoms with Crippen LogP contribution in [0.1, 0.15) is 13.3 Å². The zero-order chi connectivity index (χ0) is 15.3. The minimum absolute atomic E-state index is 0.219. The lowest BCUT2D eigenvalue weighted by molar-refractivity contribution is -0.141. The van der Waals surface area contributed by atoms with Crippen molar-refractivity contribution in [2.45, 2.75) is 18.9 Å². The molecule has 0 fully saturated rings. The molecule has 0 aliphatic heterocycles. The molecule has 20 heavy (non-hydrogen) atoms. The topological polar surface area (TPSA) is 98.7 Å². The summed E-state index contributed by atoms with van der Waals surface area (Å²) in [6, 6.07) is 3.95. The van der Waals surface area contributed by atoms with E-state index in [4.69, 9.17) is 28.3 Å². The number of urea groups is 1. The van der Waals surface area contributed by atoms with Crippen molar-refractivity contribution in [3.05, 3.63) is 28.2 Å². The number of carbonyl (C=O) groups is 2. The van der Waals surface area contributed by atoms with E-state index < -0.39 is 24.0 Å². The van der Waals surface area contributed by atoms with Crippen molar-refractivity contribution in [2.75, 3.05) is 11.9 Å². The molecule has 2 amide bonds. The lowest BCUT2D eigenvalue weighted by atomic mass is 10.0. The van der Waals surface area contributed by atoms with Gasteiger partial charge in [0.1, 0.15) is 0 Å². The van der Waals surface area contributed by atoms with Crippen molar-refractivity contribution in [3.63, 3.8) is 0 Å². The molecule has 8 heteroatoms. The fourth-order valence-corrected chi connectivity index (χ4v) is 1.76. The van der Waals surface area contributed by atoms with Gasteiger partial charge < -0.3 is 20.8 Å². The Balaban J connectivity index is 2.56. The molecule has 4 N–H and O–H groups in total. The molecule has 0 heterocycles. The molecule has 1 aromatic rings. The van der Waals surface area contributed by atoms with Crippen LogP contribution in [0.2, 0.25) is 10.0 Å². The third kappa shape index (κ3) is 5.64. The number of anilines is 1. The van der Waals surface area contributed by atoms with Gasteiger partial charge in [-0.3, -0.25) is 4.79 Å². The highest BCUT2D eigenvalue weighted by molar-refractivity contribution is 6.35. The zero-order valence-corrected chi connectivity index (χ0v) is 12.1. The second kappa shape index (κ2) is 6.78. The summed E-state index contributed by atoms with van der Waals surface area (Å²) in [4.78, 5) is 22.1. The van der Waals surface area contributed by atoms with Crippen LogP contribution in [0.4, 0.5) is 10.5 Å². The molecule has 0 saturated carbocycles. The molecule has 1 atom stereocenters. The third-order valence-corrected chi connectivity index (χ3v) is 2.90. The maximum Gasteiger partial charge on any atom is 0.319 e. The summed E-state index contributed by atoms with van der Waals surface area (Å²) in [6.07, 6.45) is -0.481. The Morgan fingerprint density at radius 2 is 2.00 bits per heavy atom. The second-order valence-electron chi connectivity index (χ2n) is 4.50. The van der Waals surface area contributed by atoms with Gasteiger partial charge in [0.25, 0.3) is 0 Å². The van der Waals surface area contributed by atoms with E-state index in [-0.39, 0.29) is 6.54 Å². The summed E-state index contributed by atoms with van der Waals surface area (Å²) in [5.41, 5.74) is -1.23. The van der Waals surface area contributed by atoms with Gasteiger partial charge in [0.15, 0.2) is 0 Å². The first-order chi connectivity index (χ1) is 9.19. The first-order valence-corrected chi connectivity index (χ1v) is 6.39. The van der Waals surface area contributed by atoms with Gasteiger partial charge in [0.2, 0.25) is 0 Å². The van der Waals surface area contributed by atoms with E-state index in [0.29, 0.717) is 15.7 Å². The van der Waals surface area contributed by atoms with Gasteiger partial charge in [0, 0.05) is 11.6 Å². The molecule has 110 valence electrons. The van der Waals surface area contributed by atoms with Crippen LogP contribution in [0.5, 0.6) is 0 Å². The standard InChI is InChI=1S/C12H14Cl2N2O4/c1-12(20,5-10(17)18)6-15-11(19)16-9-4-7(13)2-3-8(9)14/h2-4,20H,5-6H2,1H3,(H,17,18)(H2,15,16,19). The van der Waals surface area contributed by atoms with E-state index >= 15 is 0 Å². The minimum atomic E-state index is -1.54. The van der Waals surface area contributed by atoms with Crippen LogP contribution >= 0.6 is 23.2 Å². The number of carboxylic acids is 1. The van der Waals surface area contributed by atoms with E-state index in [9.17, 15) is 14.7 Å². The Morgan fingerprint density at radius 1 is 1.35 bits per heavy atom. The smallest absolute Gasteiger partial charge is 0.319 e. The van der Waals surface area contributed by atoms with Crippen LogP contribution in [0.25, 0.3) is 0 Å². The number of rotatable bonds is 5. The number of carbonyl (C=O) groups excluding carboxylic acids is 1. The molecular weight excluding hydrogens is 307 g/mol. The number of halogens is 2. The number of amides is 2. The van der Waals surface area contributed by atoms with Gasteiger partial charge in [-0.25, -0.2) is 4.79 Å². The molecular formula is C12H14Cl2N2O4. The summed E-state index contributed by atoms with van der Waals surface area (Å²) >= 11 is 11.6. The zero-order valence-electron chi connectivity index (χ0n) is 10.6. The quantitative estimate of drug-likeness (QED) is 0.669. The number of aliphatic carboxylic acids is 1. The molecule has 0 spiro atoms. The Kier molecular flexibility index (Phi) is 5.62.